The number of rotatable bonds is 7. The van der Waals surface area contributed by atoms with Crippen LogP contribution in [0.3, 0.4) is 0 Å². The predicted molar refractivity (Wildman–Crippen MR) is 89.0 cm³/mol. The van der Waals surface area contributed by atoms with Gasteiger partial charge in [-0.15, -0.1) is 0 Å². The molecule has 0 saturated heterocycles. The fraction of sp³-hybridized carbons (Fsp3) is 0.300. The highest BCUT2D eigenvalue weighted by atomic mass is 16.1. The van der Waals surface area contributed by atoms with Gasteiger partial charge in [0.2, 0.25) is 0 Å². The Morgan fingerprint density at radius 3 is 2.00 bits per heavy atom. The average molecular weight is 294 g/mol. The van der Waals surface area contributed by atoms with E-state index in [-0.39, 0.29) is 23.4 Å². The third-order valence-electron chi connectivity index (χ3n) is 4.19. The molecule has 2 unspecified atom stereocenters. The van der Waals surface area contributed by atoms with Crippen molar-refractivity contribution >= 4 is 11.6 Å². The highest BCUT2D eigenvalue weighted by Crippen LogP contribution is 2.30. The minimum Gasteiger partial charge on any atom is -0.299 e. The van der Waals surface area contributed by atoms with Crippen molar-refractivity contribution in [2.24, 2.45) is 5.92 Å². The molecule has 0 spiro atoms. The second-order valence-electron chi connectivity index (χ2n) is 5.62. The molecule has 0 aliphatic heterocycles. The first kappa shape index (κ1) is 16.2. The van der Waals surface area contributed by atoms with Crippen LogP contribution < -0.4 is 0 Å². The molecule has 0 fully saturated rings. The second kappa shape index (κ2) is 7.69. The van der Waals surface area contributed by atoms with Crippen LogP contribution in [0.15, 0.2) is 60.7 Å². The highest BCUT2D eigenvalue weighted by Gasteiger charge is 2.26. The smallest absolute Gasteiger partial charge is 0.163 e. The molecule has 0 aliphatic carbocycles. The molecular formula is C20H22O2. The van der Waals surface area contributed by atoms with Crippen LogP contribution in [0, 0.1) is 5.92 Å². The van der Waals surface area contributed by atoms with E-state index >= 15 is 0 Å². The van der Waals surface area contributed by atoms with Crippen LogP contribution in [0.1, 0.15) is 48.5 Å². The first-order chi connectivity index (χ1) is 10.6. The van der Waals surface area contributed by atoms with Gasteiger partial charge in [0.1, 0.15) is 5.78 Å². The Balaban J connectivity index is 2.25. The van der Waals surface area contributed by atoms with Crippen LogP contribution >= 0.6 is 0 Å². The molecular weight excluding hydrogens is 272 g/mol. The summed E-state index contributed by atoms with van der Waals surface area (Å²) in [5.41, 5.74) is 1.76. The molecule has 0 aromatic heterocycles. The summed E-state index contributed by atoms with van der Waals surface area (Å²) in [4.78, 5) is 24.7. The Hall–Kier alpha value is -2.22. The van der Waals surface area contributed by atoms with E-state index in [2.05, 4.69) is 0 Å². The zero-order valence-electron chi connectivity index (χ0n) is 13.2. The molecule has 0 aliphatic rings. The van der Waals surface area contributed by atoms with E-state index < -0.39 is 0 Å². The molecule has 2 atom stereocenters. The zero-order chi connectivity index (χ0) is 15.9. The van der Waals surface area contributed by atoms with Crippen molar-refractivity contribution in [2.45, 2.75) is 32.6 Å². The molecule has 0 bridgehead atoms. The van der Waals surface area contributed by atoms with Gasteiger partial charge in [0.05, 0.1) is 0 Å². The topological polar surface area (TPSA) is 34.1 Å². The van der Waals surface area contributed by atoms with Crippen LogP contribution in [-0.2, 0) is 4.79 Å². The van der Waals surface area contributed by atoms with Gasteiger partial charge in [0.25, 0.3) is 0 Å². The maximum Gasteiger partial charge on any atom is 0.163 e. The third-order valence-corrected chi connectivity index (χ3v) is 4.19. The van der Waals surface area contributed by atoms with E-state index in [1.807, 2.05) is 74.5 Å². The summed E-state index contributed by atoms with van der Waals surface area (Å²) in [7, 11) is 0. The standard InChI is InChI=1S/C20H22O2/c1-3-19(21)15(2)18(16-10-6-4-7-11-16)14-20(22)17-12-8-5-9-13-17/h4-13,15,18H,3,14H2,1-2H3. The van der Waals surface area contributed by atoms with Crippen molar-refractivity contribution in [3.63, 3.8) is 0 Å². The lowest BCUT2D eigenvalue weighted by Crippen LogP contribution is -2.21. The summed E-state index contributed by atoms with van der Waals surface area (Å²) in [6.45, 7) is 3.81. The SMILES string of the molecule is CCC(=O)C(C)C(CC(=O)c1ccccc1)c1ccccc1. The number of Topliss-reactive ketones (excluding diaryl/α,β-unsaturated/α-hetero) is 2. The Morgan fingerprint density at radius 1 is 0.909 bits per heavy atom. The van der Waals surface area contributed by atoms with Crippen molar-refractivity contribution in [1.82, 2.24) is 0 Å². The lowest BCUT2D eigenvalue weighted by atomic mass is 9.80. The summed E-state index contributed by atoms with van der Waals surface area (Å²) >= 11 is 0. The number of ketones is 2. The van der Waals surface area contributed by atoms with E-state index in [4.69, 9.17) is 0 Å². The summed E-state index contributed by atoms with van der Waals surface area (Å²) in [5, 5.41) is 0. The maximum atomic E-state index is 12.5. The van der Waals surface area contributed by atoms with Gasteiger partial charge in [-0.25, -0.2) is 0 Å². The number of carbonyl (C=O) groups excluding carboxylic acids is 2. The monoisotopic (exact) mass is 294 g/mol. The summed E-state index contributed by atoms with van der Waals surface area (Å²) in [6.07, 6.45) is 0.866. The van der Waals surface area contributed by atoms with Gasteiger partial charge in [-0.2, -0.15) is 0 Å². The van der Waals surface area contributed by atoms with Crippen molar-refractivity contribution in [3.05, 3.63) is 71.8 Å². The molecule has 2 aromatic rings. The van der Waals surface area contributed by atoms with E-state index in [0.29, 0.717) is 18.4 Å². The number of benzene rings is 2. The molecule has 0 N–H and O–H groups in total. The van der Waals surface area contributed by atoms with E-state index in [9.17, 15) is 9.59 Å². The largest absolute Gasteiger partial charge is 0.299 e. The molecule has 2 heteroatoms. The molecule has 22 heavy (non-hydrogen) atoms. The van der Waals surface area contributed by atoms with Gasteiger partial charge in [-0.05, 0) is 5.56 Å². The normalized spacial score (nSPS) is 13.4. The van der Waals surface area contributed by atoms with Gasteiger partial charge in [0.15, 0.2) is 5.78 Å². The van der Waals surface area contributed by atoms with Crippen LogP contribution in [0.25, 0.3) is 0 Å². The first-order valence-corrected chi connectivity index (χ1v) is 7.79. The Kier molecular flexibility index (Phi) is 5.65. The minimum atomic E-state index is -0.153. The summed E-state index contributed by atoms with van der Waals surface area (Å²) < 4.78 is 0. The van der Waals surface area contributed by atoms with Crippen LogP contribution in [0.4, 0.5) is 0 Å². The van der Waals surface area contributed by atoms with Crippen LogP contribution in [0.5, 0.6) is 0 Å². The first-order valence-electron chi connectivity index (χ1n) is 7.79. The van der Waals surface area contributed by atoms with E-state index in [0.717, 1.165) is 5.56 Å². The molecule has 2 aromatic carbocycles. The maximum absolute atomic E-state index is 12.5. The van der Waals surface area contributed by atoms with Gasteiger partial charge < -0.3 is 0 Å². The van der Waals surface area contributed by atoms with Crippen molar-refractivity contribution < 1.29 is 9.59 Å². The van der Waals surface area contributed by atoms with Crippen molar-refractivity contribution in [1.29, 1.82) is 0 Å². The van der Waals surface area contributed by atoms with Crippen molar-refractivity contribution in [3.8, 4) is 0 Å². The molecule has 0 radical (unpaired) electrons. The lowest BCUT2D eigenvalue weighted by molar-refractivity contribution is -0.122. The van der Waals surface area contributed by atoms with E-state index in [1.54, 1.807) is 0 Å². The number of hydrogen-bond donors (Lipinski definition) is 0. The van der Waals surface area contributed by atoms with E-state index in [1.165, 1.54) is 0 Å². The zero-order valence-corrected chi connectivity index (χ0v) is 13.2. The second-order valence-corrected chi connectivity index (χ2v) is 5.62. The lowest BCUT2D eigenvalue weighted by Gasteiger charge is -2.23. The van der Waals surface area contributed by atoms with Gasteiger partial charge >= 0.3 is 0 Å². The van der Waals surface area contributed by atoms with Gasteiger partial charge in [-0.1, -0.05) is 74.5 Å². The fourth-order valence-corrected chi connectivity index (χ4v) is 2.77. The van der Waals surface area contributed by atoms with Gasteiger partial charge in [0, 0.05) is 30.2 Å². The molecule has 0 saturated carbocycles. The number of hydrogen-bond acceptors (Lipinski definition) is 2. The molecule has 114 valence electrons. The summed E-state index contributed by atoms with van der Waals surface area (Å²) in [5.74, 6) is 0.0707. The van der Waals surface area contributed by atoms with Crippen LogP contribution in [-0.4, -0.2) is 11.6 Å². The highest BCUT2D eigenvalue weighted by molar-refractivity contribution is 5.97. The van der Waals surface area contributed by atoms with Crippen molar-refractivity contribution in [2.75, 3.05) is 0 Å². The predicted octanol–water partition coefficient (Wildman–Crippen LogP) is 4.66. The molecule has 0 heterocycles. The Labute approximate surface area is 132 Å². The third kappa shape index (κ3) is 3.91. The average Bonchev–Trinajstić information content (AvgIpc) is 2.59. The Bertz CT molecular complexity index is 617. The minimum absolute atomic E-state index is 0.0682. The fourth-order valence-electron chi connectivity index (χ4n) is 2.77. The molecule has 0 amide bonds. The van der Waals surface area contributed by atoms with Gasteiger partial charge in [-0.3, -0.25) is 9.59 Å². The number of carbonyl (C=O) groups is 2. The van der Waals surface area contributed by atoms with Crippen LogP contribution in [0.2, 0.25) is 0 Å². The quantitative estimate of drug-likeness (QED) is 0.696. The summed E-state index contributed by atoms with van der Waals surface area (Å²) in [6, 6.07) is 19.2. The molecule has 2 rings (SSSR count). The Morgan fingerprint density at radius 2 is 1.45 bits per heavy atom. The molecule has 2 nitrogen and oxygen atoms in total.